The van der Waals surface area contributed by atoms with Crippen molar-refractivity contribution >= 4 is 17.8 Å². The van der Waals surface area contributed by atoms with E-state index < -0.39 is 5.97 Å². The zero-order valence-corrected chi connectivity index (χ0v) is 10.3. The molecule has 96 valence electrons. The summed E-state index contributed by atoms with van der Waals surface area (Å²) in [6.45, 7) is 1.33. The lowest BCUT2D eigenvalue weighted by Crippen LogP contribution is -2.17. The van der Waals surface area contributed by atoms with Crippen molar-refractivity contribution in [1.29, 1.82) is 0 Å². The Hall–Kier alpha value is -1.94. The minimum atomic E-state index is -0.465. The Kier molecular flexibility index (Phi) is 6.43. The standard InChI is InChI=1S/C14H16O4/c1-12(15)18-11-14(16)10-17-9-5-8-13-6-3-2-4-7-13/h2-8H,9-11H2,1H3/b8-5+. The molecule has 0 heterocycles. The number of ether oxygens (including phenoxy) is 2. The number of carbonyl (C=O) groups is 2. The van der Waals surface area contributed by atoms with Gasteiger partial charge in [-0.05, 0) is 5.56 Å². The van der Waals surface area contributed by atoms with Crippen molar-refractivity contribution in [1.82, 2.24) is 0 Å². The highest BCUT2D eigenvalue weighted by Crippen LogP contribution is 2.00. The maximum atomic E-state index is 11.2. The molecule has 1 aromatic rings. The summed E-state index contributed by atoms with van der Waals surface area (Å²) < 4.78 is 9.67. The molecule has 0 amide bonds. The number of benzene rings is 1. The third-order valence-electron chi connectivity index (χ3n) is 2.02. The van der Waals surface area contributed by atoms with E-state index in [-0.39, 0.29) is 19.0 Å². The van der Waals surface area contributed by atoms with Crippen molar-refractivity contribution in [2.75, 3.05) is 19.8 Å². The number of esters is 1. The summed E-state index contributed by atoms with van der Waals surface area (Å²) in [6.07, 6.45) is 3.74. The summed E-state index contributed by atoms with van der Waals surface area (Å²) in [6, 6.07) is 9.79. The van der Waals surface area contributed by atoms with Gasteiger partial charge in [0.25, 0.3) is 0 Å². The van der Waals surface area contributed by atoms with E-state index in [9.17, 15) is 9.59 Å². The molecule has 0 aliphatic carbocycles. The van der Waals surface area contributed by atoms with Gasteiger partial charge < -0.3 is 9.47 Å². The predicted molar refractivity (Wildman–Crippen MR) is 67.9 cm³/mol. The van der Waals surface area contributed by atoms with Crippen LogP contribution < -0.4 is 0 Å². The van der Waals surface area contributed by atoms with Crippen LogP contribution in [0.4, 0.5) is 0 Å². The molecule has 1 aromatic carbocycles. The monoisotopic (exact) mass is 248 g/mol. The molecule has 0 bridgehead atoms. The number of rotatable bonds is 7. The van der Waals surface area contributed by atoms with E-state index in [0.29, 0.717) is 6.61 Å². The molecule has 0 aliphatic heterocycles. The average molecular weight is 248 g/mol. The largest absolute Gasteiger partial charge is 0.458 e. The molecule has 4 nitrogen and oxygen atoms in total. The predicted octanol–water partition coefficient (Wildman–Crippen LogP) is 1.85. The molecule has 0 fully saturated rings. The number of hydrogen-bond acceptors (Lipinski definition) is 4. The first-order valence-electron chi connectivity index (χ1n) is 5.63. The molecule has 0 saturated heterocycles. The van der Waals surface area contributed by atoms with E-state index in [1.807, 2.05) is 42.5 Å². The highest BCUT2D eigenvalue weighted by atomic mass is 16.5. The molecular formula is C14H16O4. The first-order valence-corrected chi connectivity index (χ1v) is 5.63. The van der Waals surface area contributed by atoms with Crippen LogP contribution in [-0.2, 0) is 19.1 Å². The van der Waals surface area contributed by atoms with Gasteiger partial charge in [0.05, 0.1) is 6.61 Å². The van der Waals surface area contributed by atoms with E-state index in [2.05, 4.69) is 4.74 Å². The summed E-state index contributed by atoms with van der Waals surface area (Å²) in [5, 5.41) is 0. The van der Waals surface area contributed by atoms with E-state index in [4.69, 9.17) is 4.74 Å². The first-order chi connectivity index (χ1) is 8.68. The lowest BCUT2D eigenvalue weighted by molar-refractivity contribution is -0.146. The lowest BCUT2D eigenvalue weighted by Gasteiger charge is -2.01. The van der Waals surface area contributed by atoms with E-state index in [0.717, 1.165) is 5.56 Å². The summed E-state index contributed by atoms with van der Waals surface area (Å²) in [5.41, 5.74) is 1.08. The Morgan fingerprint density at radius 1 is 1.17 bits per heavy atom. The van der Waals surface area contributed by atoms with Gasteiger partial charge in [0.1, 0.15) is 6.61 Å². The highest BCUT2D eigenvalue weighted by molar-refractivity contribution is 5.82. The van der Waals surface area contributed by atoms with E-state index in [1.165, 1.54) is 6.92 Å². The minimum Gasteiger partial charge on any atom is -0.458 e. The third kappa shape index (κ3) is 6.60. The van der Waals surface area contributed by atoms with Crippen LogP contribution in [0.3, 0.4) is 0 Å². The van der Waals surface area contributed by atoms with Crippen LogP contribution in [0.25, 0.3) is 6.08 Å². The van der Waals surface area contributed by atoms with E-state index in [1.54, 1.807) is 0 Å². The Labute approximate surface area is 106 Å². The second-order valence-electron chi connectivity index (χ2n) is 3.65. The zero-order valence-electron chi connectivity index (χ0n) is 10.3. The molecule has 0 saturated carbocycles. The summed E-state index contributed by atoms with van der Waals surface area (Å²) in [5.74, 6) is -0.717. The van der Waals surface area contributed by atoms with Crippen molar-refractivity contribution in [3.8, 4) is 0 Å². The van der Waals surface area contributed by atoms with Crippen LogP contribution in [-0.4, -0.2) is 31.6 Å². The zero-order chi connectivity index (χ0) is 13.2. The first kappa shape index (κ1) is 14.1. The number of ketones is 1. The van der Waals surface area contributed by atoms with Crippen LogP contribution in [0.1, 0.15) is 12.5 Å². The third-order valence-corrected chi connectivity index (χ3v) is 2.02. The Morgan fingerprint density at radius 3 is 2.56 bits per heavy atom. The average Bonchev–Trinajstić information content (AvgIpc) is 2.37. The summed E-state index contributed by atoms with van der Waals surface area (Å²) >= 11 is 0. The molecule has 18 heavy (non-hydrogen) atoms. The Morgan fingerprint density at radius 2 is 1.89 bits per heavy atom. The fraction of sp³-hybridized carbons (Fsp3) is 0.286. The summed E-state index contributed by atoms with van der Waals surface area (Å²) in [4.78, 5) is 21.6. The maximum Gasteiger partial charge on any atom is 0.303 e. The van der Waals surface area contributed by atoms with Gasteiger partial charge in [-0.1, -0.05) is 42.5 Å². The number of Topliss-reactive ketones (excluding diaryl/α,β-unsaturated/α-hetero) is 1. The molecule has 0 aliphatic rings. The second-order valence-corrected chi connectivity index (χ2v) is 3.65. The van der Waals surface area contributed by atoms with Gasteiger partial charge in [-0.3, -0.25) is 9.59 Å². The van der Waals surface area contributed by atoms with Gasteiger partial charge in [0.15, 0.2) is 12.4 Å². The number of hydrogen-bond donors (Lipinski definition) is 0. The van der Waals surface area contributed by atoms with Crippen molar-refractivity contribution in [3.05, 3.63) is 42.0 Å². The van der Waals surface area contributed by atoms with Crippen LogP contribution in [0.2, 0.25) is 0 Å². The van der Waals surface area contributed by atoms with Crippen molar-refractivity contribution in [2.24, 2.45) is 0 Å². The smallest absolute Gasteiger partial charge is 0.303 e. The topological polar surface area (TPSA) is 52.6 Å². The highest BCUT2D eigenvalue weighted by Gasteiger charge is 2.03. The molecular weight excluding hydrogens is 232 g/mol. The van der Waals surface area contributed by atoms with Crippen LogP contribution in [0.15, 0.2) is 36.4 Å². The van der Waals surface area contributed by atoms with Crippen LogP contribution >= 0.6 is 0 Å². The molecule has 0 spiro atoms. The van der Waals surface area contributed by atoms with Gasteiger partial charge in [-0.2, -0.15) is 0 Å². The van der Waals surface area contributed by atoms with Crippen LogP contribution in [0, 0.1) is 0 Å². The molecule has 0 radical (unpaired) electrons. The van der Waals surface area contributed by atoms with Gasteiger partial charge >= 0.3 is 5.97 Å². The Balaban J connectivity index is 2.13. The minimum absolute atomic E-state index is 0.0492. The fourth-order valence-electron chi connectivity index (χ4n) is 1.21. The van der Waals surface area contributed by atoms with Gasteiger partial charge in [0.2, 0.25) is 0 Å². The van der Waals surface area contributed by atoms with Gasteiger partial charge in [0, 0.05) is 6.92 Å². The maximum absolute atomic E-state index is 11.2. The fourth-order valence-corrected chi connectivity index (χ4v) is 1.21. The van der Waals surface area contributed by atoms with Crippen LogP contribution in [0.5, 0.6) is 0 Å². The summed E-state index contributed by atoms with van der Waals surface area (Å²) in [7, 11) is 0. The van der Waals surface area contributed by atoms with Gasteiger partial charge in [-0.15, -0.1) is 0 Å². The Bertz CT molecular complexity index is 409. The molecule has 0 atom stereocenters. The lowest BCUT2D eigenvalue weighted by atomic mass is 10.2. The molecule has 1 rings (SSSR count). The van der Waals surface area contributed by atoms with Gasteiger partial charge in [-0.25, -0.2) is 0 Å². The molecule has 0 aromatic heterocycles. The molecule has 4 heteroatoms. The molecule has 0 N–H and O–H groups in total. The second kappa shape index (κ2) is 8.20. The van der Waals surface area contributed by atoms with Crippen molar-refractivity contribution < 1.29 is 19.1 Å². The normalized spacial score (nSPS) is 10.5. The van der Waals surface area contributed by atoms with E-state index >= 15 is 0 Å². The quantitative estimate of drug-likeness (QED) is 0.546. The molecule has 0 unspecified atom stereocenters. The van der Waals surface area contributed by atoms with Crippen molar-refractivity contribution in [2.45, 2.75) is 6.92 Å². The number of carbonyl (C=O) groups excluding carboxylic acids is 2. The SMILES string of the molecule is CC(=O)OCC(=O)COC/C=C/c1ccccc1. The van der Waals surface area contributed by atoms with Crippen molar-refractivity contribution in [3.63, 3.8) is 0 Å².